The van der Waals surface area contributed by atoms with Gasteiger partial charge in [-0.25, -0.2) is 0 Å². The van der Waals surface area contributed by atoms with E-state index in [2.05, 4.69) is 5.32 Å². The van der Waals surface area contributed by atoms with Gasteiger partial charge in [0.15, 0.2) is 5.11 Å². The van der Waals surface area contributed by atoms with E-state index in [-0.39, 0.29) is 28.8 Å². The van der Waals surface area contributed by atoms with Crippen molar-refractivity contribution in [2.75, 3.05) is 36.6 Å². The summed E-state index contributed by atoms with van der Waals surface area (Å²) in [4.78, 5) is 41.4. The molecule has 0 bridgehead atoms. The normalized spacial score (nSPS) is 17.6. The monoisotopic (exact) mass is 536 g/mol. The maximum atomic E-state index is 12.4. The minimum Gasteiger partial charge on any atom is -0.335 e. The van der Waals surface area contributed by atoms with Gasteiger partial charge in [0.25, 0.3) is 21.9 Å². The third-order valence-electron chi connectivity index (χ3n) is 5.09. The fourth-order valence-corrected chi connectivity index (χ4v) is 5.23. The van der Waals surface area contributed by atoms with E-state index in [9.17, 15) is 22.8 Å². The van der Waals surface area contributed by atoms with Gasteiger partial charge in [0.1, 0.15) is 5.57 Å². The standard InChI is InChI=1S/C22H24N4O6S3/c1-14(27)23-15-9-10-17-18(13-15)34-19(26(17)11-6-12-35(30,31)32)8-5-4-7-16-20(28)24(2)22(33)25(3)21(16)29/h4-5,7-10,13H,6,11-12H2,1-3H3,(H,23,27)(H,30,31,32)/b5-4+,19-8+. The molecule has 186 valence electrons. The van der Waals surface area contributed by atoms with Gasteiger partial charge in [0, 0.05) is 38.1 Å². The van der Waals surface area contributed by atoms with E-state index in [0.717, 1.165) is 15.6 Å². The topological polar surface area (TPSA) is 127 Å². The lowest BCUT2D eigenvalue weighted by atomic mass is 10.1. The number of nitrogens with one attached hydrogen (secondary N) is 1. The number of thioether (sulfide) groups is 1. The smallest absolute Gasteiger partial charge is 0.265 e. The average molecular weight is 537 g/mol. The van der Waals surface area contributed by atoms with Gasteiger partial charge in [-0.3, -0.25) is 28.7 Å². The Labute approximate surface area is 213 Å². The van der Waals surface area contributed by atoms with Crippen LogP contribution in [-0.4, -0.2) is 72.0 Å². The number of rotatable bonds is 7. The highest BCUT2D eigenvalue weighted by atomic mass is 32.2. The molecule has 2 aliphatic rings. The second-order valence-electron chi connectivity index (χ2n) is 7.74. The van der Waals surface area contributed by atoms with E-state index < -0.39 is 21.9 Å². The van der Waals surface area contributed by atoms with Crippen LogP contribution in [-0.2, 0) is 24.5 Å². The number of nitrogens with zero attached hydrogens (tertiary/aromatic N) is 3. The van der Waals surface area contributed by atoms with E-state index in [1.54, 1.807) is 24.3 Å². The lowest BCUT2D eigenvalue weighted by Crippen LogP contribution is -2.52. The van der Waals surface area contributed by atoms with Crippen LogP contribution >= 0.6 is 24.0 Å². The summed E-state index contributed by atoms with van der Waals surface area (Å²) in [6, 6.07) is 5.39. The summed E-state index contributed by atoms with van der Waals surface area (Å²) in [5, 5.41) is 3.62. The number of carbonyl (C=O) groups is 3. The van der Waals surface area contributed by atoms with Crippen molar-refractivity contribution in [2.45, 2.75) is 18.2 Å². The van der Waals surface area contributed by atoms with Gasteiger partial charge in [0.05, 0.1) is 16.5 Å². The number of amides is 3. The number of hydrogen-bond donors (Lipinski definition) is 2. The molecule has 0 atom stereocenters. The summed E-state index contributed by atoms with van der Waals surface area (Å²) in [7, 11) is -1.09. The van der Waals surface area contributed by atoms with Crippen LogP contribution in [0.4, 0.5) is 11.4 Å². The zero-order valence-corrected chi connectivity index (χ0v) is 21.7. The van der Waals surface area contributed by atoms with Crippen LogP contribution in [0.5, 0.6) is 0 Å². The van der Waals surface area contributed by atoms with Crippen molar-refractivity contribution in [2.24, 2.45) is 0 Å². The number of carbonyl (C=O) groups excluding carboxylic acids is 3. The molecule has 0 aliphatic carbocycles. The molecule has 2 aliphatic heterocycles. The summed E-state index contributed by atoms with van der Waals surface area (Å²) in [5.74, 6) is -1.56. The highest BCUT2D eigenvalue weighted by molar-refractivity contribution is 8.03. The Bertz CT molecular complexity index is 1260. The van der Waals surface area contributed by atoms with Crippen LogP contribution in [0.3, 0.4) is 0 Å². The Hall–Kier alpha value is -3.00. The van der Waals surface area contributed by atoms with Crippen LogP contribution < -0.4 is 10.2 Å². The van der Waals surface area contributed by atoms with E-state index in [1.807, 2.05) is 17.0 Å². The molecule has 0 aromatic heterocycles. The molecule has 2 heterocycles. The SMILES string of the molecule is CC(=O)Nc1ccc2c(c1)S/C(=C/C=C/C=C1C(=O)N(C)C(=S)N(C)C1=O)N2CCCS(=O)(=O)O. The molecule has 0 radical (unpaired) electrons. The second-order valence-corrected chi connectivity index (χ2v) is 10.7. The summed E-state index contributed by atoms with van der Waals surface area (Å²) >= 11 is 6.49. The fraction of sp³-hybridized carbons (Fsp3) is 0.273. The first-order valence-electron chi connectivity index (χ1n) is 10.4. The molecule has 0 saturated carbocycles. The molecule has 3 rings (SSSR count). The van der Waals surface area contributed by atoms with Gasteiger partial charge in [0.2, 0.25) is 5.91 Å². The van der Waals surface area contributed by atoms with Crippen LogP contribution in [0.2, 0.25) is 0 Å². The van der Waals surface area contributed by atoms with Crippen molar-refractivity contribution in [3.63, 3.8) is 0 Å². The van der Waals surface area contributed by atoms with E-state index in [1.165, 1.54) is 48.7 Å². The fourth-order valence-electron chi connectivity index (χ4n) is 3.43. The van der Waals surface area contributed by atoms with E-state index >= 15 is 0 Å². The minimum atomic E-state index is -4.09. The van der Waals surface area contributed by atoms with Crippen molar-refractivity contribution < 1.29 is 27.4 Å². The van der Waals surface area contributed by atoms with Gasteiger partial charge in [-0.1, -0.05) is 23.9 Å². The molecule has 10 nitrogen and oxygen atoms in total. The highest BCUT2D eigenvalue weighted by Crippen LogP contribution is 2.47. The largest absolute Gasteiger partial charge is 0.335 e. The van der Waals surface area contributed by atoms with Crippen molar-refractivity contribution in [1.29, 1.82) is 0 Å². The number of hydrogen-bond acceptors (Lipinski definition) is 8. The lowest BCUT2D eigenvalue weighted by Gasteiger charge is -2.31. The molecule has 2 N–H and O–H groups in total. The molecule has 0 unspecified atom stereocenters. The van der Waals surface area contributed by atoms with Crippen LogP contribution in [0.25, 0.3) is 0 Å². The Balaban J connectivity index is 1.85. The first-order valence-corrected chi connectivity index (χ1v) is 13.2. The summed E-state index contributed by atoms with van der Waals surface area (Å²) in [6.07, 6.45) is 6.61. The molecule has 1 saturated heterocycles. The maximum Gasteiger partial charge on any atom is 0.265 e. The quantitative estimate of drug-likeness (QED) is 0.234. The molecule has 3 amide bonds. The van der Waals surface area contributed by atoms with Crippen molar-refractivity contribution in [3.05, 3.63) is 53.1 Å². The second kappa shape index (κ2) is 10.7. The number of thiocarbonyl (C=S) groups is 1. The van der Waals surface area contributed by atoms with Crippen molar-refractivity contribution in [3.8, 4) is 0 Å². The van der Waals surface area contributed by atoms with Crippen LogP contribution in [0.1, 0.15) is 13.3 Å². The Morgan fingerprint density at radius 3 is 2.37 bits per heavy atom. The van der Waals surface area contributed by atoms with E-state index in [0.29, 0.717) is 12.2 Å². The molecular formula is C22H24N4O6S3. The third kappa shape index (κ3) is 6.36. The molecule has 1 aromatic carbocycles. The zero-order valence-electron chi connectivity index (χ0n) is 19.2. The summed E-state index contributed by atoms with van der Waals surface area (Å²) in [6.45, 7) is 1.74. The average Bonchev–Trinajstić information content (AvgIpc) is 3.11. The van der Waals surface area contributed by atoms with Gasteiger partial charge in [-0.15, -0.1) is 0 Å². The maximum absolute atomic E-state index is 12.4. The van der Waals surface area contributed by atoms with Gasteiger partial charge >= 0.3 is 0 Å². The predicted octanol–water partition coefficient (Wildman–Crippen LogP) is 2.37. The number of allylic oxidation sites excluding steroid dienone is 4. The Morgan fingerprint density at radius 2 is 1.77 bits per heavy atom. The van der Waals surface area contributed by atoms with Crippen molar-refractivity contribution in [1.82, 2.24) is 9.80 Å². The first-order chi connectivity index (χ1) is 16.4. The Kier molecular flexibility index (Phi) is 8.15. The molecular weight excluding hydrogens is 512 g/mol. The highest BCUT2D eigenvalue weighted by Gasteiger charge is 2.34. The third-order valence-corrected chi connectivity index (χ3v) is 7.56. The van der Waals surface area contributed by atoms with Gasteiger partial charge < -0.3 is 10.2 Å². The lowest BCUT2D eigenvalue weighted by molar-refractivity contribution is -0.132. The zero-order chi connectivity index (χ0) is 25.9. The van der Waals surface area contributed by atoms with Crippen molar-refractivity contribution >= 4 is 68.3 Å². The molecule has 35 heavy (non-hydrogen) atoms. The Morgan fingerprint density at radius 1 is 1.14 bits per heavy atom. The van der Waals surface area contributed by atoms with Gasteiger partial charge in [-0.05, 0) is 49.0 Å². The number of fused-ring (bicyclic) bond motifs is 1. The number of likely N-dealkylation sites (N-methyl/N-ethyl adjacent to an activating group) is 2. The molecule has 1 aromatic rings. The van der Waals surface area contributed by atoms with Crippen LogP contribution in [0, 0.1) is 0 Å². The molecule has 0 spiro atoms. The predicted molar refractivity (Wildman–Crippen MR) is 138 cm³/mol. The van der Waals surface area contributed by atoms with Crippen LogP contribution in [0.15, 0.2) is 58.0 Å². The van der Waals surface area contributed by atoms with Gasteiger partial charge in [-0.2, -0.15) is 8.42 Å². The number of benzene rings is 1. The van der Waals surface area contributed by atoms with E-state index in [4.69, 9.17) is 16.8 Å². The number of anilines is 2. The molecule has 13 heteroatoms. The summed E-state index contributed by atoms with van der Waals surface area (Å²) < 4.78 is 31.4. The summed E-state index contributed by atoms with van der Waals surface area (Å²) in [5.41, 5.74) is 1.43. The molecule has 1 fully saturated rings. The first kappa shape index (κ1) is 26.6. The minimum absolute atomic E-state index is 0.0226.